The summed E-state index contributed by atoms with van der Waals surface area (Å²) in [5, 5.41) is 4.34. The first kappa shape index (κ1) is 16.9. The van der Waals surface area contributed by atoms with Crippen molar-refractivity contribution in [2.75, 3.05) is 6.26 Å². The molecule has 0 radical (unpaired) electrons. The number of hydrogen-bond donors (Lipinski definition) is 1. The lowest BCUT2D eigenvalue weighted by Crippen LogP contribution is -2.45. The van der Waals surface area contributed by atoms with E-state index in [0.29, 0.717) is 6.54 Å². The molecule has 1 aromatic heterocycles. The topological polar surface area (TPSA) is 59.1 Å². The van der Waals surface area contributed by atoms with Gasteiger partial charge in [-0.2, -0.15) is 0 Å². The van der Waals surface area contributed by atoms with Crippen LogP contribution in [0.25, 0.3) is 0 Å². The van der Waals surface area contributed by atoms with Gasteiger partial charge in [0.25, 0.3) is 0 Å². The monoisotopic (exact) mass is 330 g/mol. The Hall–Kier alpha value is -0.460. The molecule has 1 aromatic rings. The second-order valence-corrected chi connectivity index (χ2v) is 10.4. The number of aromatic nitrogens is 1. The van der Waals surface area contributed by atoms with Gasteiger partial charge in [-0.3, -0.25) is 0 Å². The average Bonchev–Trinajstić information content (AvgIpc) is 2.84. The average molecular weight is 331 g/mol. The lowest BCUT2D eigenvalue weighted by Gasteiger charge is -2.30. The van der Waals surface area contributed by atoms with Crippen LogP contribution in [0.15, 0.2) is 6.20 Å². The summed E-state index contributed by atoms with van der Waals surface area (Å²) < 4.78 is 23.8. The van der Waals surface area contributed by atoms with Gasteiger partial charge in [-0.15, -0.1) is 11.3 Å². The lowest BCUT2D eigenvalue weighted by atomic mass is 9.95. The highest BCUT2D eigenvalue weighted by molar-refractivity contribution is 7.91. The van der Waals surface area contributed by atoms with Gasteiger partial charge in [0, 0.05) is 35.3 Å². The molecule has 2 rings (SSSR count). The molecule has 21 heavy (non-hydrogen) atoms. The molecule has 0 bridgehead atoms. The molecule has 1 N–H and O–H groups in total. The maximum Gasteiger partial charge on any atom is 0.151 e. The van der Waals surface area contributed by atoms with Gasteiger partial charge in [0.1, 0.15) is 0 Å². The number of hydrogen-bond acceptors (Lipinski definition) is 5. The van der Waals surface area contributed by atoms with Crippen LogP contribution in [0.3, 0.4) is 0 Å². The maximum absolute atomic E-state index is 11.9. The van der Waals surface area contributed by atoms with Crippen LogP contribution in [-0.2, 0) is 21.8 Å². The molecule has 0 aliphatic heterocycles. The molecule has 0 saturated heterocycles. The summed E-state index contributed by atoms with van der Waals surface area (Å²) in [4.78, 5) is 5.66. The Morgan fingerprint density at radius 3 is 2.57 bits per heavy atom. The third-order valence-electron chi connectivity index (χ3n) is 3.99. The molecule has 0 unspecified atom stereocenters. The Morgan fingerprint density at radius 2 is 2.00 bits per heavy atom. The highest BCUT2D eigenvalue weighted by Crippen LogP contribution is 2.28. The zero-order chi connectivity index (χ0) is 15.7. The Kier molecular flexibility index (Phi) is 5.11. The van der Waals surface area contributed by atoms with Gasteiger partial charge in [0.15, 0.2) is 9.84 Å². The van der Waals surface area contributed by atoms with E-state index in [2.05, 4.69) is 31.1 Å². The zero-order valence-electron chi connectivity index (χ0n) is 13.3. The van der Waals surface area contributed by atoms with E-state index in [-0.39, 0.29) is 16.7 Å². The van der Waals surface area contributed by atoms with Crippen molar-refractivity contribution in [3.8, 4) is 0 Å². The maximum atomic E-state index is 11.9. The van der Waals surface area contributed by atoms with E-state index in [1.54, 1.807) is 11.3 Å². The molecule has 0 aromatic carbocycles. The van der Waals surface area contributed by atoms with E-state index in [1.165, 1.54) is 11.1 Å². The van der Waals surface area contributed by atoms with Crippen LogP contribution in [0.2, 0.25) is 0 Å². The minimum absolute atomic E-state index is 0.0725. The number of sulfone groups is 1. The van der Waals surface area contributed by atoms with Crippen molar-refractivity contribution < 1.29 is 8.42 Å². The van der Waals surface area contributed by atoms with Crippen molar-refractivity contribution in [3.63, 3.8) is 0 Å². The third-order valence-corrected chi connectivity index (χ3v) is 7.07. The van der Waals surface area contributed by atoms with Crippen molar-refractivity contribution in [2.45, 2.75) is 69.7 Å². The predicted octanol–water partition coefficient (Wildman–Crippen LogP) is 2.89. The Morgan fingerprint density at radius 1 is 1.33 bits per heavy atom. The van der Waals surface area contributed by atoms with Crippen LogP contribution in [-0.4, -0.2) is 30.9 Å². The SMILES string of the molecule is CC(C)(C)c1ncc(CN[C@@H]2CCCC[C@H]2S(C)(=O)=O)s1. The summed E-state index contributed by atoms with van der Waals surface area (Å²) in [5.74, 6) is 0. The van der Waals surface area contributed by atoms with E-state index in [9.17, 15) is 8.42 Å². The summed E-state index contributed by atoms with van der Waals surface area (Å²) in [5.41, 5.74) is 0.0725. The fourth-order valence-electron chi connectivity index (χ4n) is 2.81. The summed E-state index contributed by atoms with van der Waals surface area (Å²) >= 11 is 1.71. The van der Waals surface area contributed by atoms with E-state index in [1.807, 2.05) is 6.20 Å². The number of rotatable bonds is 4. The van der Waals surface area contributed by atoms with Crippen LogP contribution in [0, 0.1) is 0 Å². The molecule has 1 aliphatic rings. The van der Waals surface area contributed by atoms with E-state index >= 15 is 0 Å². The van der Waals surface area contributed by atoms with Gasteiger partial charge in [-0.1, -0.05) is 33.6 Å². The summed E-state index contributed by atoms with van der Waals surface area (Å²) in [6.45, 7) is 7.18. The molecule has 4 nitrogen and oxygen atoms in total. The fourth-order valence-corrected chi connectivity index (χ4v) is 5.16. The van der Waals surface area contributed by atoms with Crippen molar-refractivity contribution in [3.05, 3.63) is 16.1 Å². The Labute approximate surface area is 132 Å². The lowest BCUT2D eigenvalue weighted by molar-refractivity contribution is 0.371. The number of nitrogens with one attached hydrogen (secondary N) is 1. The second kappa shape index (κ2) is 6.34. The van der Waals surface area contributed by atoms with Crippen molar-refractivity contribution in [2.24, 2.45) is 0 Å². The normalized spacial score (nSPS) is 24.2. The minimum Gasteiger partial charge on any atom is -0.308 e. The highest BCUT2D eigenvalue weighted by Gasteiger charge is 2.32. The summed E-state index contributed by atoms with van der Waals surface area (Å²) in [6, 6.07) is 0.0777. The van der Waals surface area contributed by atoms with E-state index in [4.69, 9.17) is 0 Å². The highest BCUT2D eigenvalue weighted by atomic mass is 32.2. The molecule has 1 aliphatic carbocycles. The van der Waals surface area contributed by atoms with Gasteiger partial charge in [-0.05, 0) is 12.8 Å². The van der Waals surface area contributed by atoms with Crippen LogP contribution < -0.4 is 5.32 Å². The van der Waals surface area contributed by atoms with Crippen LogP contribution in [0.5, 0.6) is 0 Å². The van der Waals surface area contributed by atoms with Gasteiger partial charge < -0.3 is 5.32 Å². The molecule has 1 heterocycles. The molecule has 0 amide bonds. The quantitative estimate of drug-likeness (QED) is 0.922. The smallest absolute Gasteiger partial charge is 0.151 e. The third kappa shape index (κ3) is 4.50. The van der Waals surface area contributed by atoms with Gasteiger partial charge in [0.05, 0.1) is 10.3 Å². The second-order valence-electron chi connectivity index (χ2n) is 7.02. The first-order chi connectivity index (χ1) is 9.68. The summed E-state index contributed by atoms with van der Waals surface area (Å²) in [7, 11) is -2.97. The van der Waals surface area contributed by atoms with Crippen molar-refractivity contribution in [1.29, 1.82) is 0 Å². The molecule has 1 saturated carbocycles. The number of nitrogens with zero attached hydrogens (tertiary/aromatic N) is 1. The molecular formula is C15H26N2O2S2. The zero-order valence-corrected chi connectivity index (χ0v) is 15.0. The minimum atomic E-state index is -2.97. The molecule has 0 spiro atoms. The molecule has 1 fully saturated rings. The van der Waals surface area contributed by atoms with Crippen molar-refractivity contribution >= 4 is 21.2 Å². The largest absolute Gasteiger partial charge is 0.308 e. The van der Waals surface area contributed by atoms with Crippen LogP contribution in [0.1, 0.15) is 56.3 Å². The first-order valence-corrected chi connectivity index (χ1v) is 10.3. The molecular weight excluding hydrogens is 304 g/mol. The Balaban J connectivity index is 1.99. The summed E-state index contributed by atoms with van der Waals surface area (Å²) in [6.07, 6.45) is 7.14. The number of thiazole rings is 1. The van der Waals surface area contributed by atoms with Crippen LogP contribution >= 0.6 is 11.3 Å². The Bertz CT molecular complexity index is 573. The molecule has 120 valence electrons. The van der Waals surface area contributed by atoms with E-state index < -0.39 is 9.84 Å². The van der Waals surface area contributed by atoms with Gasteiger partial charge in [0.2, 0.25) is 0 Å². The first-order valence-electron chi connectivity index (χ1n) is 7.55. The predicted molar refractivity (Wildman–Crippen MR) is 88.5 cm³/mol. The molecule has 6 heteroatoms. The van der Waals surface area contributed by atoms with Crippen molar-refractivity contribution in [1.82, 2.24) is 10.3 Å². The fraction of sp³-hybridized carbons (Fsp3) is 0.800. The van der Waals surface area contributed by atoms with Gasteiger partial charge in [-0.25, -0.2) is 13.4 Å². The van der Waals surface area contributed by atoms with E-state index in [0.717, 1.165) is 30.7 Å². The molecule has 2 atom stereocenters. The van der Waals surface area contributed by atoms with Crippen LogP contribution in [0.4, 0.5) is 0 Å². The van der Waals surface area contributed by atoms with Gasteiger partial charge >= 0.3 is 0 Å². The standard InChI is InChI=1S/C15H26N2O2S2/c1-15(2,3)14-17-10-11(20-14)9-16-12-7-5-6-8-13(12)21(4,18)19/h10,12-13,16H,5-9H2,1-4H3/t12-,13-/m1/s1.